The van der Waals surface area contributed by atoms with Gasteiger partial charge in [0, 0.05) is 25.6 Å². The maximum Gasteiger partial charge on any atom is 0.290 e. The zero-order chi connectivity index (χ0) is 28.3. The first kappa shape index (κ1) is 29.2. The Hall–Kier alpha value is -3.84. The quantitative estimate of drug-likeness (QED) is 0.174. The molecule has 0 radical (unpaired) electrons. The smallest absolute Gasteiger partial charge is 0.290 e. The van der Waals surface area contributed by atoms with Crippen LogP contribution in [0.1, 0.15) is 62.1 Å². The highest BCUT2D eigenvalue weighted by Gasteiger charge is 2.24. The Bertz CT molecular complexity index is 1350. The third-order valence-corrected chi connectivity index (χ3v) is 7.59. The van der Waals surface area contributed by atoms with E-state index in [1.54, 1.807) is 11.0 Å². The minimum absolute atomic E-state index is 0.159. The second-order valence-electron chi connectivity index (χ2n) is 9.99. The van der Waals surface area contributed by atoms with Crippen molar-refractivity contribution in [3.63, 3.8) is 0 Å². The first-order valence-corrected chi connectivity index (χ1v) is 14.6. The summed E-state index contributed by atoms with van der Waals surface area (Å²) >= 11 is 0.903. The van der Waals surface area contributed by atoms with Crippen LogP contribution >= 0.6 is 11.8 Å². The summed E-state index contributed by atoms with van der Waals surface area (Å²) in [6.07, 6.45) is 7.90. The van der Waals surface area contributed by atoms with Crippen LogP contribution in [0.25, 0.3) is 17.2 Å². The van der Waals surface area contributed by atoms with E-state index in [0.717, 1.165) is 58.2 Å². The molecule has 1 aliphatic rings. The van der Waals surface area contributed by atoms with E-state index in [-0.39, 0.29) is 17.1 Å². The lowest BCUT2D eigenvalue weighted by molar-refractivity contribution is -0.130. The average Bonchev–Trinajstić information content (AvgIpc) is 3.28. The van der Waals surface area contributed by atoms with Crippen LogP contribution in [0.2, 0.25) is 0 Å². The molecular weight excluding hydrogens is 520 g/mol. The van der Waals surface area contributed by atoms with Gasteiger partial charge in [0.1, 0.15) is 12.4 Å². The van der Waals surface area contributed by atoms with Gasteiger partial charge in [-0.25, -0.2) is 0 Å². The van der Waals surface area contributed by atoms with Gasteiger partial charge in [0.25, 0.3) is 11.1 Å². The number of hydrogen-bond acceptors (Lipinski definition) is 5. The van der Waals surface area contributed by atoms with Crippen LogP contribution < -0.4 is 10.1 Å². The summed E-state index contributed by atoms with van der Waals surface area (Å²) in [6.45, 7) is 3.15. The minimum Gasteiger partial charge on any atom is -0.488 e. The monoisotopic (exact) mass is 556 g/mol. The predicted molar refractivity (Wildman–Crippen MR) is 162 cm³/mol. The molecule has 7 heteroatoms. The third kappa shape index (κ3) is 8.33. The summed E-state index contributed by atoms with van der Waals surface area (Å²) in [5.41, 5.74) is 4.80. The molecule has 208 valence electrons. The largest absolute Gasteiger partial charge is 0.488 e. The summed E-state index contributed by atoms with van der Waals surface area (Å²) in [6, 6.07) is 23.9. The summed E-state index contributed by atoms with van der Waals surface area (Å²) < 4.78 is 6.25. The molecule has 3 aromatic rings. The van der Waals surface area contributed by atoms with E-state index in [9.17, 15) is 14.4 Å². The maximum absolute atomic E-state index is 12.7. The van der Waals surface area contributed by atoms with Gasteiger partial charge in [0.15, 0.2) is 0 Å². The van der Waals surface area contributed by atoms with E-state index < -0.39 is 0 Å². The standard InChI is InChI=1S/C33H36N2O4S/c1-3-4-5-6-10-13-31(36)35(2)22-26-16-19-29(39-23-25-11-8-7-9-12-25)28(20-26)27-17-14-24(15-18-27)21-30-32(37)34-33(38)40-30/h7-9,11-12,14-21H,3-6,10,13,22-23H2,1-2H3,(H,34,37,38)/b30-21+. The Kier molecular flexibility index (Phi) is 10.6. The fourth-order valence-corrected chi connectivity index (χ4v) is 5.21. The molecule has 1 fully saturated rings. The van der Waals surface area contributed by atoms with Gasteiger partial charge >= 0.3 is 0 Å². The Morgan fingerprint density at radius 2 is 1.68 bits per heavy atom. The van der Waals surface area contributed by atoms with Crippen molar-refractivity contribution in [2.24, 2.45) is 0 Å². The fraction of sp³-hybridized carbons (Fsp3) is 0.303. The molecule has 3 amide bonds. The summed E-state index contributed by atoms with van der Waals surface area (Å²) in [5.74, 6) is 0.537. The van der Waals surface area contributed by atoms with Gasteiger partial charge in [-0.2, -0.15) is 0 Å². The van der Waals surface area contributed by atoms with Crippen LogP contribution in [0.5, 0.6) is 5.75 Å². The lowest BCUT2D eigenvalue weighted by Crippen LogP contribution is -2.25. The second kappa shape index (κ2) is 14.5. The van der Waals surface area contributed by atoms with Crippen molar-refractivity contribution in [1.82, 2.24) is 10.2 Å². The lowest BCUT2D eigenvalue weighted by Gasteiger charge is -2.19. The Labute approximate surface area is 240 Å². The van der Waals surface area contributed by atoms with E-state index >= 15 is 0 Å². The van der Waals surface area contributed by atoms with Crippen molar-refractivity contribution < 1.29 is 19.1 Å². The van der Waals surface area contributed by atoms with E-state index in [0.29, 0.717) is 24.5 Å². The molecule has 1 aliphatic heterocycles. The topological polar surface area (TPSA) is 75.7 Å². The number of carbonyl (C=O) groups excluding carboxylic acids is 3. The molecule has 1 heterocycles. The predicted octanol–water partition coefficient (Wildman–Crippen LogP) is 7.58. The SMILES string of the molecule is CCCCCCCC(=O)N(C)Cc1ccc(OCc2ccccc2)c(-c2ccc(/C=C3/SC(=O)NC3=O)cc2)c1. The number of thioether (sulfide) groups is 1. The summed E-state index contributed by atoms with van der Waals surface area (Å²) in [7, 11) is 1.86. The van der Waals surface area contributed by atoms with Gasteiger partial charge in [0.2, 0.25) is 5.91 Å². The summed E-state index contributed by atoms with van der Waals surface area (Å²) in [5, 5.41) is 1.92. The van der Waals surface area contributed by atoms with Gasteiger partial charge in [-0.15, -0.1) is 0 Å². The highest BCUT2D eigenvalue weighted by molar-refractivity contribution is 8.18. The van der Waals surface area contributed by atoms with E-state index in [2.05, 4.69) is 18.3 Å². The molecule has 3 aromatic carbocycles. The Balaban J connectivity index is 1.51. The van der Waals surface area contributed by atoms with Gasteiger partial charge in [-0.05, 0) is 58.6 Å². The van der Waals surface area contributed by atoms with Crippen molar-refractivity contribution in [1.29, 1.82) is 0 Å². The minimum atomic E-state index is -0.372. The number of benzene rings is 3. The molecule has 0 unspecified atom stereocenters. The highest BCUT2D eigenvalue weighted by atomic mass is 32.2. The van der Waals surface area contributed by atoms with Crippen molar-refractivity contribution in [3.8, 4) is 16.9 Å². The molecule has 1 N–H and O–H groups in total. The van der Waals surface area contributed by atoms with Crippen LogP contribution in [-0.2, 0) is 22.7 Å². The molecule has 4 rings (SSSR count). The van der Waals surface area contributed by atoms with Crippen LogP contribution in [0.4, 0.5) is 4.79 Å². The molecule has 0 aromatic heterocycles. The molecule has 0 aliphatic carbocycles. The molecule has 0 saturated carbocycles. The van der Waals surface area contributed by atoms with Gasteiger partial charge in [0.05, 0.1) is 4.91 Å². The normalized spacial score (nSPS) is 13.9. The molecule has 0 spiro atoms. The number of carbonyl (C=O) groups is 3. The van der Waals surface area contributed by atoms with Crippen molar-refractivity contribution in [2.45, 2.75) is 58.6 Å². The molecule has 40 heavy (non-hydrogen) atoms. The molecule has 6 nitrogen and oxygen atoms in total. The first-order valence-electron chi connectivity index (χ1n) is 13.8. The van der Waals surface area contributed by atoms with Crippen LogP contribution in [0.15, 0.2) is 77.7 Å². The van der Waals surface area contributed by atoms with Gasteiger partial charge < -0.3 is 9.64 Å². The number of hydrogen-bond donors (Lipinski definition) is 1. The van der Waals surface area contributed by atoms with Crippen molar-refractivity contribution in [2.75, 3.05) is 7.05 Å². The van der Waals surface area contributed by atoms with Gasteiger partial charge in [-0.1, -0.05) is 93.3 Å². The number of amides is 3. The zero-order valence-corrected chi connectivity index (χ0v) is 24.0. The lowest BCUT2D eigenvalue weighted by atomic mass is 10.00. The number of rotatable bonds is 13. The van der Waals surface area contributed by atoms with E-state index in [1.165, 1.54) is 19.3 Å². The van der Waals surface area contributed by atoms with Crippen molar-refractivity contribution in [3.05, 3.63) is 94.4 Å². The maximum atomic E-state index is 12.7. The van der Waals surface area contributed by atoms with Crippen LogP contribution in [-0.4, -0.2) is 29.0 Å². The first-order chi connectivity index (χ1) is 19.4. The highest BCUT2D eigenvalue weighted by Crippen LogP contribution is 2.33. The Morgan fingerprint density at radius 1 is 0.925 bits per heavy atom. The van der Waals surface area contributed by atoms with Crippen LogP contribution in [0.3, 0.4) is 0 Å². The van der Waals surface area contributed by atoms with E-state index in [1.807, 2.05) is 73.8 Å². The molecule has 0 bridgehead atoms. The van der Waals surface area contributed by atoms with Gasteiger partial charge in [-0.3, -0.25) is 19.7 Å². The zero-order valence-electron chi connectivity index (χ0n) is 23.2. The number of imide groups is 1. The number of nitrogens with zero attached hydrogens (tertiary/aromatic N) is 1. The van der Waals surface area contributed by atoms with E-state index in [4.69, 9.17) is 4.74 Å². The fourth-order valence-electron chi connectivity index (χ4n) is 4.53. The number of ether oxygens (including phenoxy) is 1. The third-order valence-electron chi connectivity index (χ3n) is 6.78. The van der Waals surface area contributed by atoms with Crippen molar-refractivity contribution >= 4 is 34.9 Å². The summed E-state index contributed by atoms with van der Waals surface area (Å²) in [4.78, 5) is 38.3. The number of nitrogens with one attached hydrogen (secondary N) is 1. The number of unbranched alkanes of at least 4 members (excludes halogenated alkanes) is 4. The second-order valence-corrected chi connectivity index (χ2v) is 11.0. The van der Waals surface area contributed by atoms with Crippen LogP contribution in [0, 0.1) is 0 Å². The Morgan fingerprint density at radius 3 is 2.38 bits per heavy atom. The molecule has 0 atom stereocenters. The average molecular weight is 557 g/mol. The molecule has 1 saturated heterocycles. The molecular formula is C33H36N2O4S.